The summed E-state index contributed by atoms with van der Waals surface area (Å²) in [4.78, 5) is 12.6. The van der Waals surface area contributed by atoms with Crippen molar-refractivity contribution < 1.29 is 18.7 Å². The van der Waals surface area contributed by atoms with Gasteiger partial charge < -0.3 is 13.9 Å². The fourth-order valence-corrected chi connectivity index (χ4v) is 4.27. The zero-order valence-electron chi connectivity index (χ0n) is 19.7. The van der Waals surface area contributed by atoms with Crippen LogP contribution in [0, 0.1) is 5.92 Å². The van der Waals surface area contributed by atoms with Gasteiger partial charge in [-0.1, -0.05) is 70.4 Å². The predicted molar refractivity (Wildman–Crippen MR) is 126 cm³/mol. The number of hydrogen-bond acceptors (Lipinski definition) is 4. The largest absolute Gasteiger partial charge is 0.434 e. The lowest BCUT2D eigenvalue weighted by molar-refractivity contribution is -0.141. The minimum Gasteiger partial charge on any atom is -0.434 e. The highest BCUT2D eigenvalue weighted by Crippen LogP contribution is 2.26. The predicted octanol–water partition coefficient (Wildman–Crippen LogP) is 8.02. The number of unbranched alkanes of at least 4 members (excludes halogenated alkanes) is 10. The molecule has 2 heterocycles. The Balaban J connectivity index is 1.53. The van der Waals surface area contributed by atoms with Crippen LogP contribution >= 0.6 is 0 Å². The molecule has 4 nitrogen and oxygen atoms in total. The van der Waals surface area contributed by atoms with Crippen LogP contribution < -0.4 is 4.74 Å². The second-order valence-electron chi connectivity index (χ2n) is 8.94. The Hall–Kier alpha value is -1.55. The fourth-order valence-electron chi connectivity index (χ4n) is 4.27. The van der Waals surface area contributed by atoms with Gasteiger partial charge in [-0.25, -0.2) is 0 Å². The molecule has 31 heavy (non-hydrogen) atoms. The van der Waals surface area contributed by atoms with E-state index in [1.165, 1.54) is 76.9 Å². The van der Waals surface area contributed by atoms with Crippen molar-refractivity contribution in [3.8, 4) is 5.95 Å². The molecule has 1 aliphatic heterocycles. The molecule has 1 fully saturated rings. The summed E-state index contributed by atoms with van der Waals surface area (Å²) in [6.45, 7) is 3.08. The third-order valence-corrected chi connectivity index (χ3v) is 6.17. The summed E-state index contributed by atoms with van der Waals surface area (Å²) >= 11 is 0. The van der Waals surface area contributed by atoms with Crippen LogP contribution in [0.4, 0.5) is 0 Å². The van der Waals surface area contributed by atoms with Crippen LogP contribution in [-0.4, -0.2) is 18.7 Å². The van der Waals surface area contributed by atoms with Gasteiger partial charge in [0.15, 0.2) is 0 Å². The standard InChI is InChI=1S/C27H44O4/c1-2-3-4-5-6-7-8-9-10-11-12-13-14-15-18-24(23-25-19-16-21-29-25)27(28)31-26-20-17-22-30-26/h9-10,17,20,22,24-25H,2-8,11-16,18-19,21,23H2,1H3. The van der Waals surface area contributed by atoms with Crippen LogP contribution in [0.2, 0.25) is 0 Å². The molecule has 0 radical (unpaired) electrons. The summed E-state index contributed by atoms with van der Waals surface area (Å²) in [7, 11) is 0. The molecule has 1 aromatic rings. The van der Waals surface area contributed by atoms with Gasteiger partial charge >= 0.3 is 5.97 Å². The molecule has 2 unspecified atom stereocenters. The van der Waals surface area contributed by atoms with Crippen molar-refractivity contribution in [2.75, 3.05) is 6.61 Å². The van der Waals surface area contributed by atoms with Crippen LogP contribution in [0.1, 0.15) is 110 Å². The van der Waals surface area contributed by atoms with E-state index in [2.05, 4.69) is 19.1 Å². The van der Waals surface area contributed by atoms with Crippen molar-refractivity contribution in [1.82, 2.24) is 0 Å². The van der Waals surface area contributed by atoms with Crippen molar-refractivity contribution in [1.29, 1.82) is 0 Å². The molecule has 2 atom stereocenters. The van der Waals surface area contributed by atoms with E-state index in [4.69, 9.17) is 13.9 Å². The average molecular weight is 433 g/mol. The number of carbonyl (C=O) groups is 1. The van der Waals surface area contributed by atoms with Crippen molar-refractivity contribution >= 4 is 5.97 Å². The fraction of sp³-hybridized carbons (Fsp3) is 0.741. The van der Waals surface area contributed by atoms with Gasteiger partial charge in [0.25, 0.3) is 5.95 Å². The monoisotopic (exact) mass is 432 g/mol. The second kappa shape index (κ2) is 17.1. The summed E-state index contributed by atoms with van der Waals surface area (Å²) in [5.74, 6) is 0.00332. The molecule has 0 aromatic carbocycles. The molecule has 1 aliphatic rings. The highest BCUT2D eigenvalue weighted by Gasteiger charge is 2.27. The van der Waals surface area contributed by atoms with Gasteiger partial charge in [-0.2, -0.15) is 0 Å². The van der Waals surface area contributed by atoms with Crippen molar-refractivity contribution in [2.45, 2.75) is 116 Å². The minimum absolute atomic E-state index is 0.106. The van der Waals surface area contributed by atoms with E-state index in [1.54, 1.807) is 12.1 Å². The molecule has 4 heteroatoms. The first-order valence-corrected chi connectivity index (χ1v) is 12.8. The van der Waals surface area contributed by atoms with Gasteiger partial charge in [0.1, 0.15) is 0 Å². The molecule has 0 N–H and O–H groups in total. The maximum atomic E-state index is 12.6. The summed E-state index contributed by atoms with van der Waals surface area (Å²) in [6.07, 6.45) is 25.5. The average Bonchev–Trinajstić information content (AvgIpc) is 3.47. The molecule has 0 aliphatic carbocycles. The van der Waals surface area contributed by atoms with Gasteiger partial charge in [-0.15, -0.1) is 0 Å². The Morgan fingerprint density at radius 2 is 1.77 bits per heavy atom. The molecule has 176 valence electrons. The highest BCUT2D eigenvalue weighted by molar-refractivity contribution is 5.74. The number of ether oxygens (including phenoxy) is 2. The third-order valence-electron chi connectivity index (χ3n) is 6.17. The zero-order chi connectivity index (χ0) is 22.0. The lowest BCUT2D eigenvalue weighted by Crippen LogP contribution is -2.25. The Morgan fingerprint density at radius 3 is 2.42 bits per heavy atom. The van der Waals surface area contributed by atoms with Crippen LogP contribution in [0.25, 0.3) is 0 Å². The summed E-state index contributed by atoms with van der Waals surface area (Å²) in [6, 6.07) is 3.42. The second-order valence-corrected chi connectivity index (χ2v) is 8.94. The van der Waals surface area contributed by atoms with Crippen molar-refractivity contribution in [3.05, 3.63) is 30.5 Å². The van der Waals surface area contributed by atoms with Gasteiger partial charge in [0, 0.05) is 12.7 Å². The van der Waals surface area contributed by atoms with E-state index >= 15 is 0 Å². The van der Waals surface area contributed by atoms with E-state index in [1.807, 2.05) is 0 Å². The Kier molecular flexibility index (Phi) is 14.1. The number of allylic oxidation sites excluding steroid dienone is 2. The summed E-state index contributed by atoms with van der Waals surface area (Å²) in [5.41, 5.74) is 0. The Morgan fingerprint density at radius 1 is 1.06 bits per heavy atom. The maximum absolute atomic E-state index is 12.6. The summed E-state index contributed by atoms with van der Waals surface area (Å²) < 4.78 is 16.4. The molecule has 0 saturated carbocycles. The SMILES string of the molecule is CCCCCCCCC=CCCCCCCC(CC1CCCO1)C(=O)Oc1ccco1. The quantitative estimate of drug-likeness (QED) is 0.134. The molecule has 0 amide bonds. The molecular weight excluding hydrogens is 388 g/mol. The number of carbonyl (C=O) groups excluding carboxylic acids is 1. The first-order chi connectivity index (χ1) is 15.3. The van der Waals surface area contributed by atoms with Gasteiger partial charge in [0.2, 0.25) is 0 Å². The summed E-state index contributed by atoms with van der Waals surface area (Å²) in [5, 5.41) is 0. The first-order valence-electron chi connectivity index (χ1n) is 12.8. The number of hydrogen-bond donors (Lipinski definition) is 0. The van der Waals surface area contributed by atoms with E-state index in [-0.39, 0.29) is 23.9 Å². The van der Waals surface area contributed by atoms with Gasteiger partial charge in [-0.3, -0.25) is 4.79 Å². The number of furan rings is 1. The topological polar surface area (TPSA) is 48.7 Å². The van der Waals surface area contributed by atoms with Crippen LogP contribution in [-0.2, 0) is 9.53 Å². The van der Waals surface area contributed by atoms with Crippen molar-refractivity contribution in [3.63, 3.8) is 0 Å². The minimum atomic E-state index is -0.178. The highest BCUT2D eigenvalue weighted by atomic mass is 16.6. The normalized spacial score (nSPS) is 17.4. The van der Waals surface area contributed by atoms with Crippen LogP contribution in [0.3, 0.4) is 0 Å². The molecule has 0 spiro atoms. The molecule has 0 bridgehead atoms. The van der Waals surface area contributed by atoms with E-state index in [0.29, 0.717) is 0 Å². The van der Waals surface area contributed by atoms with Crippen molar-refractivity contribution in [2.24, 2.45) is 5.92 Å². The first kappa shape index (κ1) is 25.7. The zero-order valence-corrected chi connectivity index (χ0v) is 19.7. The lowest BCUT2D eigenvalue weighted by Gasteiger charge is -2.18. The van der Waals surface area contributed by atoms with E-state index in [9.17, 15) is 4.79 Å². The molecular formula is C27H44O4. The number of rotatable bonds is 18. The van der Waals surface area contributed by atoms with Gasteiger partial charge in [0.05, 0.1) is 18.3 Å². The third kappa shape index (κ3) is 12.2. The lowest BCUT2D eigenvalue weighted by atomic mass is 9.93. The van der Waals surface area contributed by atoms with Crippen LogP contribution in [0.5, 0.6) is 5.95 Å². The van der Waals surface area contributed by atoms with E-state index in [0.717, 1.165) is 38.7 Å². The Bertz CT molecular complexity index is 572. The molecule has 1 aromatic heterocycles. The molecule has 2 rings (SSSR count). The van der Waals surface area contributed by atoms with Gasteiger partial charge in [-0.05, 0) is 57.4 Å². The van der Waals surface area contributed by atoms with Crippen LogP contribution in [0.15, 0.2) is 35.0 Å². The number of esters is 1. The maximum Gasteiger partial charge on any atom is 0.316 e. The molecule has 1 saturated heterocycles. The van der Waals surface area contributed by atoms with E-state index < -0.39 is 0 Å². The smallest absolute Gasteiger partial charge is 0.316 e. The Labute approximate surface area is 189 Å².